The average Bonchev–Trinajstić information content (AvgIpc) is 2.59. The van der Waals surface area contributed by atoms with E-state index in [1.54, 1.807) is 24.3 Å². The van der Waals surface area contributed by atoms with Gasteiger partial charge in [0, 0.05) is 10.0 Å². The van der Waals surface area contributed by atoms with Crippen molar-refractivity contribution >= 4 is 27.7 Å². The molecule has 2 N–H and O–H groups in total. The van der Waals surface area contributed by atoms with E-state index < -0.39 is 0 Å². The lowest BCUT2D eigenvalue weighted by atomic mass is 10.0. The summed E-state index contributed by atoms with van der Waals surface area (Å²) in [6.07, 6.45) is 0.787. The number of carbonyl (C=O) groups excluding carboxylic acids is 2. The number of aryl methyl sites for hydroxylation is 1. The normalized spacial score (nSPS) is 11.6. The molecule has 2 amide bonds. The summed E-state index contributed by atoms with van der Waals surface area (Å²) < 4.78 is 0.903. The van der Waals surface area contributed by atoms with Crippen molar-refractivity contribution in [3.8, 4) is 0 Å². The van der Waals surface area contributed by atoms with Gasteiger partial charge in [0.25, 0.3) is 5.91 Å². The second kappa shape index (κ2) is 8.64. The number of rotatable bonds is 6. The van der Waals surface area contributed by atoms with Crippen LogP contribution in [0.25, 0.3) is 0 Å². The van der Waals surface area contributed by atoms with Crippen LogP contribution >= 0.6 is 15.9 Å². The first-order chi connectivity index (χ1) is 11.5. The lowest BCUT2D eigenvalue weighted by molar-refractivity contribution is -0.120. The second-order valence-corrected chi connectivity index (χ2v) is 6.54. The Balaban J connectivity index is 1.88. The third kappa shape index (κ3) is 5.20. The Bertz CT molecular complexity index is 696. The molecule has 5 heteroatoms. The van der Waals surface area contributed by atoms with Crippen LogP contribution in [-0.2, 0) is 4.79 Å². The molecular weight excluding hydrogens is 368 g/mol. The highest BCUT2D eigenvalue weighted by Crippen LogP contribution is 2.17. The van der Waals surface area contributed by atoms with Gasteiger partial charge in [0.15, 0.2) is 0 Å². The first-order valence-corrected chi connectivity index (χ1v) is 8.68. The lowest BCUT2D eigenvalue weighted by Crippen LogP contribution is -2.38. The average molecular weight is 389 g/mol. The Kier molecular flexibility index (Phi) is 6.55. The zero-order valence-electron chi connectivity index (χ0n) is 13.8. The molecule has 0 heterocycles. The summed E-state index contributed by atoms with van der Waals surface area (Å²) in [4.78, 5) is 24.1. The molecule has 0 spiro atoms. The van der Waals surface area contributed by atoms with E-state index in [9.17, 15) is 9.59 Å². The quantitative estimate of drug-likeness (QED) is 0.791. The molecule has 0 aliphatic rings. The third-order valence-electron chi connectivity index (χ3n) is 3.74. The Hall–Kier alpha value is -2.14. The van der Waals surface area contributed by atoms with Crippen molar-refractivity contribution in [2.24, 2.45) is 0 Å². The number of hydrogen-bond acceptors (Lipinski definition) is 2. The van der Waals surface area contributed by atoms with Crippen molar-refractivity contribution in [3.05, 3.63) is 69.7 Å². The van der Waals surface area contributed by atoms with Crippen LogP contribution in [0.1, 0.15) is 40.9 Å². The van der Waals surface area contributed by atoms with E-state index in [2.05, 4.69) is 26.6 Å². The predicted molar refractivity (Wildman–Crippen MR) is 98.8 cm³/mol. The number of hydrogen-bond donors (Lipinski definition) is 2. The highest BCUT2D eigenvalue weighted by atomic mass is 79.9. The zero-order valence-corrected chi connectivity index (χ0v) is 15.4. The van der Waals surface area contributed by atoms with Gasteiger partial charge in [-0.05, 0) is 43.2 Å². The van der Waals surface area contributed by atoms with Crippen molar-refractivity contribution in [1.29, 1.82) is 0 Å². The molecule has 2 aromatic carbocycles. The number of amides is 2. The Morgan fingerprint density at radius 1 is 1.04 bits per heavy atom. The monoisotopic (exact) mass is 388 g/mol. The maximum atomic E-state index is 12.1. The maximum absolute atomic E-state index is 12.1. The summed E-state index contributed by atoms with van der Waals surface area (Å²) in [6.45, 7) is 4.00. The van der Waals surface area contributed by atoms with Crippen molar-refractivity contribution in [2.45, 2.75) is 26.3 Å². The van der Waals surface area contributed by atoms with Crippen molar-refractivity contribution in [1.82, 2.24) is 10.6 Å². The van der Waals surface area contributed by atoms with Gasteiger partial charge in [0.05, 0.1) is 12.6 Å². The molecule has 0 radical (unpaired) electrons. The summed E-state index contributed by atoms with van der Waals surface area (Å²) >= 11 is 3.32. The van der Waals surface area contributed by atoms with Crippen LogP contribution in [0.3, 0.4) is 0 Å². The predicted octanol–water partition coefficient (Wildman–Crippen LogP) is 3.75. The van der Waals surface area contributed by atoms with E-state index in [1.165, 1.54) is 5.56 Å². The maximum Gasteiger partial charge on any atom is 0.251 e. The molecule has 0 aliphatic carbocycles. The Labute approximate surface area is 150 Å². The van der Waals surface area contributed by atoms with E-state index in [4.69, 9.17) is 0 Å². The first-order valence-electron chi connectivity index (χ1n) is 7.89. The molecule has 0 aliphatic heterocycles. The molecule has 0 bridgehead atoms. The largest absolute Gasteiger partial charge is 0.348 e. The van der Waals surface area contributed by atoms with Gasteiger partial charge in [-0.25, -0.2) is 0 Å². The minimum absolute atomic E-state index is 0.0444. The number of benzene rings is 2. The molecule has 126 valence electrons. The van der Waals surface area contributed by atoms with E-state index >= 15 is 0 Å². The van der Waals surface area contributed by atoms with Gasteiger partial charge in [-0.3, -0.25) is 9.59 Å². The molecule has 0 aromatic heterocycles. The van der Waals surface area contributed by atoms with Crippen molar-refractivity contribution in [2.75, 3.05) is 6.54 Å². The number of carbonyl (C=O) groups is 2. The van der Waals surface area contributed by atoms with Gasteiger partial charge >= 0.3 is 0 Å². The van der Waals surface area contributed by atoms with Gasteiger partial charge < -0.3 is 10.6 Å². The van der Waals surface area contributed by atoms with Crippen LogP contribution < -0.4 is 10.6 Å². The van der Waals surface area contributed by atoms with Gasteiger partial charge in [-0.2, -0.15) is 0 Å². The minimum atomic E-state index is -0.263. The third-order valence-corrected chi connectivity index (χ3v) is 4.27. The summed E-state index contributed by atoms with van der Waals surface area (Å²) in [5, 5.41) is 5.60. The zero-order chi connectivity index (χ0) is 17.5. The minimum Gasteiger partial charge on any atom is -0.348 e. The van der Waals surface area contributed by atoms with Gasteiger partial charge in [0.2, 0.25) is 5.91 Å². The molecular formula is C19H21BrN2O2. The van der Waals surface area contributed by atoms with Gasteiger partial charge in [0.1, 0.15) is 0 Å². The molecule has 2 rings (SSSR count). The van der Waals surface area contributed by atoms with Crippen molar-refractivity contribution in [3.63, 3.8) is 0 Å². The fourth-order valence-corrected chi connectivity index (χ4v) is 2.59. The summed E-state index contributed by atoms with van der Waals surface area (Å²) in [7, 11) is 0. The van der Waals surface area contributed by atoms with Crippen LogP contribution in [0.4, 0.5) is 0 Å². The second-order valence-electron chi connectivity index (χ2n) is 5.63. The van der Waals surface area contributed by atoms with Crippen LogP contribution in [0.2, 0.25) is 0 Å². The summed E-state index contributed by atoms with van der Waals surface area (Å²) in [5.74, 6) is -0.464. The smallest absolute Gasteiger partial charge is 0.251 e. The van der Waals surface area contributed by atoms with Crippen LogP contribution in [-0.4, -0.2) is 18.4 Å². The molecule has 1 atom stereocenters. The highest BCUT2D eigenvalue weighted by Gasteiger charge is 2.13. The SMILES string of the molecule is CC[C@H](NC(=O)CNC(=O)c1ccc(Br)cc1)c1ccc(C)cc1. The lowest BCUT2D eigenvalue weighted by Gasteiger charge is -2.18. The van der Waals surface area contributed by atoms with Crippen LogP contribution in [0.5, 0.6) is 0 Å². The summed E-state index contributed by atoms with van der Waals surface area (Å²) in [5.41, 5.74) is 2.77. The van der Waals surface area contributed by atoms with E-state index in [-0.39, 0.29) is 24.4 Å². The van der Waals surface area contributed by atoms with Crippen LogP contribution in [0.15, 0.2) is 53.0 Å². The number of nitrogens with one attached hydrogen (secondary N) is 2. The highest BCUT2D eigenvalue weighted by molar-refractivity contribution is 9.10. The first kappa shape index (κ1) is 18.2. The Morgan fingerprint density at radius 3 is 2.25 bits per heavy atom. The molecule has 2 aromatic rings. The van der Waals surface area contributed by atoms with Crippen LogP contribution in [0, 0.1) is 6.92 Å². The standard InChI is InChI=1S/C19H21BrN2O2/c1-3-17(14-6-4-13(2)5-7-14)22-18(23)12-21-19(24)15-8-10-16(20)11-9-15/h4-11,17H,3,12H2,1-2H3,(H,21,24)(H,22,23)/t17-/m0/s1. The fraction of sp³-hybridized carbons (Fsp3) is 0.263. The molecule has 0 fully saturated rings. The molecule has 24 heavy (non-hydrogen) atoms. The molecule has 0 saturated heterocycles. The van der Waals surface area contributed by atoms with Gasteiger partial charge in [-0.15, -0.1) is 0 Å². The molecule has 0 unspecified atom stereocenters. The molecule has 4 nitrogen and oxygen atoms in total. The van der Waals surface area contributed by atoms with E-state index in [1.807, 2.05) is 38.1 Å². The topological polar surface area (TPSA) is 58.2 Å². The summed E-state index contributed by atoms with van der Waals surface area (Å²) in [6, 6.07) is 15.0. The van der Waals surface area contributed by atoms with E-state index in [0.717, 1.165) is 16.5 Å². The number of halogens is 1. The van der Waals surface area contributed by atoms with Crippen molar-refractivity contribution < 1.29 is 9.59 Å². The van der Waals surface area contributed by atoms with Gasteiger partial charge in [-0.1, -0.05) is 52.7 Å². The fourth-order valence-electron chi connectivity index (χ4n) is 2.33. The molecule has 0 saturated carbocycles. The Morgan fingerprint density at radius 2 is 1.67 bits per heavy atom. The van der Waals surface area contributed by atoms with E-state index in [0.29, 0.717) is 5.56 Å².